The van der Waals surface area contributed by atoms with Gasteiger partial charge in [-0.1, -0.05) is 35.9 Å². The highest BCUT2D eigenvalue weighted by Crippen LogP contribution is 2.16. The normalized spacial score (nSPS) is 17.1. The zero-order valence-electron chi connectivity index (χ0n) is 16.1. The maximum atomic E-state index is 12.3. The molecule has 2 unspecified atom stereocenters. The van der Waals surface area contributed by atoms with E-state index in [9.17, 15) is 4.79 Å². The van der Waals surface area contributed by atoms with Crippen molar-refractivity contribution in [1.29, 1.82) is 0 Å². The molecule has 1 aliphatic rings. The first-order chi connectivity index (χ1) is 12.5. The van der Waals surface area contributed by atoms with Gasteiger partial charge in [0.1, 0.15) is 11.9 Å². The number of aromatic nitrogens is 1. The lowest BCUT2D eigenvalue weighted by molar-refractivity contribution is -0.122. The van der Waals surface area contributed by atoms with Gasteiger partial charge in [0.15, 0.2) is 0 Å². The number of anilines is 1. The third kappa shape index (κ3) is 6.34. The van der Waals surface area contributed by atoms with E-state index in [1.54, 1.807) is 6.20 Å². The quantitative estimate of drug-likeness (QED) is 0.767. The highest BCUT2D eigenvalue weighted by molar-refractivity contribution is 5.85. The van der Waals surface area contributed by atoms with E-state index < -0.39 is 6.04 Å². The van der Waals surface area contributed by atoms with E-state index in [0.29, 0.717) is 6.54 Å². The number of rotatable bonds is 5. The van der Waals surface area contributed by atoms with Crippen LogP contribution in [0.1, 0.15) is 29.7 Å². The van der Waals surface area contributed by atoms with E-state index in [2.05, 4.69) is 22.1 Å². The summed E-state index contributed by atoms with van der Waals surface area (Å²) in [4.78, 5) is 19.0. The summed E-state index contributed by atoms with van der Waals surface area (Å²) < 4.78 is 5.55. The number of ether oxygens (including phenoxy) is 1. The molecule has 2 atom stereocenters. The van der Waals surface area contributed by atoms with Gasteiger partial charge in [-0.3, -0.25) is 4.79 Å². The molecule has 2 heterocycles. The third-order valence-corrected chi connectivity index (χ3v) is 4.56. The molecule has 6 nitrogen and oxygen atoms in total. The third-order valence-electron chi connectivity index (χ3n) is 4.56. The topological polar surface area (TPSA) is 80.5 Å². The number of aryl methyl sites for hydroxylation is 1. The van der Waals surface area contributed by atoms with Crippen molar-refractivity contribution in [2.75, 3.05) is 24.6 Å². The van der Waals surface area contributed by atoms with Gasteiger partial charge in [-0.2, -0.15) is 0 Å². The molecular weight excluding hydrogens is 399 g/mol. The largest absolute Gasteiger partial charge is 0.375 e. The Balaban J connectivity index is 0.00000196. The number of halogens is 2. The molecule has 0 aliphatic carbocycles. The molecule has 1 amide bonds. The lowest BCUT2D eigenvalue weighted by atomic mass is 10.1. The molecule has 2 aromatic rings. The van der Waals surface area contributed by atoms with Gasteiger partial charge in [0.2, 0.25) is 5.91 Å². The van der Waals surface area contributed by atoms with E-state index in [-0.39, 0.29) is 36.8 Å². The number of nitrogens with zero attached hydrogens (tertiary/aromatic N) is 2. The van der Waals surface area contributed by atoms with Crippen LogP contribution in [0.5, 0.6) is 0 Å². The average molecular weight is 427 g/mol. The highest BCUT2D eigenvalue weighted by atomic mass is 35.5. The molecule has 1 fully saturated rings. The van der Waals surface area contributed by atoms with Crippen LogP contribution in [0.3, 0.4) is 0 Å². The Morgan fingerprint density at radius 2 is 2.00 bits per heavy atom. The summed E-state index contributed by atoms with van der Waals surface area (Å²) in [5, 5.41) is 2.88. The van der Waals surface area contributed by atoms with E-state index in [4.69, 9.17) is 10.5 Å². The molecule has 3 N–H and O–H groups in total. The van der Waals surface area contributed by atoms with Crippen LogP contribution in [-0.4, -0.2) is 36.7 Å². The number of amides is 1. The Labute approximate surface area is 178 Å². The molecule has 1 saturated heterocycles. The number of nitrogens with one attached hydrogen (secondary N) is 1. The number of hydrogen-bond acceptors (Lipinski definition) is 5. The molecule has 1 aromatic heterocycles. The first-order valence-electron chi connectivity index (χ1n) is 8.94. The van der Waals surface area contributed by atoms with Gasteiger partial charge in [0.05, 0.1) is 12.7 Å². The predicted octanol–water partition coefficient (Wildman–Crippen LogP) is 2.77. The van der Waals surface area contributed by atoms with Crippen LogP contribution < -0.4 is 16.0 Å². The van der Waals surface area contributed by atoms with Gasteiger partial charge < -0.3 is 20.7 Å². The summed E-state index contributed by atoms with van der Waals surface area (Å²) in [5.74, 6) is 0.742. The number of carbonyl (C=O) groups excluding carboxylic acids is 1. The van der Waals surface area contributed by atoms with Crippen LogP contribution >= 0.6 is 24.8 Å². The zero-order valence-corrected chi connectivity index (χ0v) is 17.8. The predicted molar refractivity (Wildman–Crippen MR) is 116 cm³/mol. The minimum atomic E-state index is -0.669. The Morgan fingerprint density at radius 1 is 1.29 bits per heavy atom. The SMILES string of the molecule is Cc1ccc(C(N)C(=O)NCc2ccc(N3CCOC(C)C3)nc2)cc1.Cl.Cl. The van der Waals surface area contributed by atoms with Crippen LogP contribution in [-0.2, 0) is 16.1 Å². The Bertz CT molecular complexity index is 741. The fraction of sp³-hybridized carbons (Fsp3) is 0.400. The summed E-state index contributed by atoms with van der Waals surface area (Å²) in [6, 6.07) is 11.0. The summed E-state index contributed by atoms with van der Waals surface area (Å²) in [6.45, 7) is 6.88. The van der Waals surface area contributed by atoms with E-state index in [1.807, 2.05) is 43.3 Å². The summed E-state index contributed by atoms with van der Waals surface area (Å²) in [6.07, 6.45) is 2.01. The monoisotopic (exact) mass is 426 g/mol. The number of carbonyl (C=O) groups is 1. The van der Waals surface area contributed by atoms with Gasteiger partial charge >= 0.3 is 0 Å². The molecule has 1 aliphatic heterocycles. The van der Waals surface area contributed by atoms with E-state index >= 15 is 0 Å². The minimum absolute atomic E-state index is 0. The molecule has 154 valence electrons. The zero-order chi connectivity index (χ0) is 18.5. The number of nitrogens with two attached hydrogens (primary N) is 1. The molecule has 0 spiro atoms. The van der Waals surface area contributed by atoms with Crippen molar-refractivity contribution < 1.29 is 9.53 Å². The van der Waals surface area contributed by atoms with Gasteiger partial charge in [-0.05, 0) is 31.0 Å². The maximum Gasteiger partial charge on any atom is 0.241 e. The van der Waals surface area contributed by atoms with Gasteiger partial charge in [-0.25, -0.2) is 4.98 Å². The number of morpholine rings is 1. The van der Waals surface area contributed by atoms with Crippen LogP contribution in [0.15, 0.2) is 42.6 Å². The van der Waals surface area contributed by atoms with Crippen molar-refractivity contribution in [2.24, 2.45) is 5.73 Å². The maximum absolute atomic E-state index is 12.3. The molecule has 0 radical (unpaired) electrons. The minimum Gasteiger partial charge on any atom is -0.375 e. The number of hydrogen-bond donors (Lipinski definition) is 2. The molecular formula is C20H28Cl2N4O2. The lowest BCUT2D eigenvalue weighted by Gasteiger charge is -2.32. The van der Waals surface area contributed by atoms with Crippen molar-refractivity contribution in [3.8, 4) is 0 Å². The van der Waals surface area contributed by atoms with Crippen molar-refractivity contribution in [3.63, 3.8) is 0 Å². The van der Waals surface area contributed by atoms with Crippen LogP contribution in [0.25, 0.3) is 0 Å². The Hall–Kier alpha value is -1.86. The molecule has 8 heteroatoms. The average Bonchev–Trinajstić information content (AvgIpc) is 2.66. The van der Waals surface area contributed by atoms with Gasteiger partial charge in [-0.15, -0.1) is 24.8 Å². The number of pyridine rings is 1. The van der Waals surface area contributed by atoms with Crippen LogP contribution in [0.4, 0.5) is 5.82 Å². The van der Waals surface area contributed by atoms with Crippen molar-refractivity contribution in [1.82, 2.24) is 10.3 Å². The molecule has 3 rings (SSSR count). The van der Waals surface area contributed by atoms with Crippen molar-refractivity contribution >= 4 is 36.5 Å². The van der Waals surface area contributed by atoms with Gasteiger partial charge in [0, 0.05) is 25.8 Å². The fourth-order valence-electron chi connectivity index (χ4n) is 2.96. The van der Waals surface area contributed by atoms with Gasteiger partial charge in [0.25, 0.3) is 0 Å². The fourth-order valence-corrected chi connectivity index (χ4v) is 2.96. The lowest BCUT2D eigenvalue weighted by Crippen LogP contribution is -2.41. The Morgan fingerprint density at radius 3 is 2.61 bits per heavy atom. The highest BCUT2D eigenvalue weighted by Gasteiger charge is 2.18. The van der Waals surface area contributed by atoms with Crippen LogP contribution in [0.2, 0.25) is 0 Å². The molecule has 28 heavy (non-hydrogen) atoms. The summed E-state index contributed by atoms with van der Waals surface area (Å²) >= 11 is 0. The second-order valence-corrected chi connectivity index (χ2v) is 6.76. The molecule has 1 aromatic carbocycles. The van der Waals surface area contributed by atoms with E-state index in [0.717, 1.165) is 42.2 Å². The summed E-state index contributed by atoms with van der Waals surface area (Å²) in [7, 11) is 0. The first-order valence-corrected chi connectivity index (χ1v) is 8.94. The molecule has 0 bridgehead atoms. The number of benzene rings is 1. The van der Waals surface area contributed by atoms with Crippen LogP contribution in [0, 0.1) is 6.92 Å². The molecule has 0 saturated carbocycles. The second kappa shape index (κ2) is 11.2. The Kier molecular flexibility index (Phi) is 9.69. The second-order valence-electron chi connectivity index (χ2n) is 6.76. The van der Waals surface area contributed by atoms with E-state index in [1.165, 1.54) is 0 Å². The smallest absolute Gasteiger partial charge is 0.241 e. The first kappa shape index (κ1) is 24.2. The van der Waals surface area contributed by atoms with Crippen molar-refractivity contribution in [3.05, 3.63) is 59.3 Å². The standard InChI is InChI=1S/C20H26N4O2.2ClH/c1-14-3-6-17(7-4-14)19(21)20(25)23-12-16-5-8-18(22-11-16)24-9-10-26-15(2)13-24;;/h3-8,11,15,19H,9-10,12-13,21H2,1-2H3,(H,23,25);2*1H. The summed E-state index contributed by atoms with van der Waals surface area (Å²) in [5.41, 5.74) is 8.93. The van der Waals surface area contributed by atoms with Crippen molar-refractivity contribution in [2.45, 2.75) is 32.5 Å².